The van der Waals surface area contributed by atoms with Crippen molar-refractivity contribution >= 4 is 46.0 Å². The average molecular weight is 478 g/mol. The summed E-state index contributed by atoms with van der Waals surface area (Å²) in [4.78, 5) is 31.1. The molecule has 166 valence electrons. The van der Waals surface area contributed by atoms with E-state index in [0.717, 1.165) is 33.0 Å². The quantitative estimate of drug-likeness (QED) is 0.279. The molecule has 0 saturated heterocycles. The first-order valence-corrected chi connectivity index (χ1v) is 11.2. The number of aromatic nitrogens is 2. The van der Waals surface area contributed by atoms with Crippen molar-refractivity contribution in [3.8, 4) is 17.2 Å². The van der Waals surface area contributed by atoms with Crippen LogP contribution in [0.5, 0.6) is 0 Å². The van der Waals surface area contributed by atoms with E-state index >= 15 is 0 Å². The zero-order chi connectivity index (χ0) is 23.7. The Hall–Kier alpha value is -3.67. The average Bonchev–Trinajstić information content (AvgIpc) is 2.78. The minimum atomic E-state index is -0.683. The van der Waals surface area contributed by atoms with Gasteiger partial charge in [-0.1, -0.05) is 23.7 Å². The van der Waals surface area contributed by atoms with Gasteiger partial charge in [-0.25, -0.2) is 0 Å². The van der Waals surface area contributed by atoms with Gasteiger partial charge in [0, 0.05) is 30.2 Å². The van der Waals surface area contributed by atoms with Gasteiger partial charge in [0.2, 0.25) is 0 Å². The number of benzene rings is 3. The number of aryl methyl sites for hydroxylation is 1. The molecule has 0 aliphatic heterocycles. The van der Waals surface area contributed by atoms with Crippen molar-refractivity contribution in [1.29, 1.82) is 5.26 Å². The van der Waals surface area contributed by atoms with E-state index in [0.29, 0.717) is 21.6 Å². The largest absolute Gasteiger partial charge is 0.377 e. The second kappa shape index (κ2) is 9.06. The minimum absolute atomic E-state index is 0.556. The number of nitrogens with one attached hydrogen (secondary N) is 3. The van der Waals surface area contributed by atoms with Gasteiger partial charge in [0.15, 0.2) is 0 Å². The van der Waals surface area contributed by atoms with Gasteiger partial charge in [0.1, 0.15) is 6.07 Å². The molecule has 0 unspecified atom stereocenters. The molecule has 4 aromatic rings. The van der Waals surface area contributed by atoms with Gasteiger partial charge in [-0.2, -0.15) is 5.26 Å². The summed E-state index contributed by atoms with van der Waals surface area (Å²) in [7, 11) is 3.79. The maximum atomic E-state index is 11.6. The Morgan fingerprint density at radius 3 is 2.33 bits per heavy atom. The molecule has 0 atom stereocenters. The Labute approximate surface area is 199 Å². The molecule has 0 amide bonds. The van der Waals surface area contributed by atoms with Crippen molar-refractivity contribution in [2.24, 2.45) is 0 Å². The van der Waals surface area contributed by atoms with Crippen LogP contribution in [0.25, 0.3) is 22.2 Å². The van der Waals surface area contributed by atoms with Gasteiger partial charge >= 0.3 is 11.1 Å². The third kappa shape index (κ3) is 4.60. The van der Waals surface area contributed by atoms with Gasteiger partial charge in [-0.3, -0.25) is 9.59 Å². The second-order valence-electron chi connectivity index (χ2n) is 7.71. The lowest BCUT2D eigenvalue weighted by Crippen LogP contribution is -2.28. The highest BCUT2D eigenvalue weighted by Gasteiger charge is 2.11. The van der Waals surface area contributed by atoms with E-state index in [2.05, 4.69) is 20.8 Å². The van der Waals surface area contributed by atoms with E-state index < -0.39 is 11.1 Å². The predicted molar refractivity (Wildman–Crippen MR) is 135 cm³/mol. The lowest BCUT2D eigenvalue weighted by molar-refractivity contribution is 1.13. The van der Waals surface area contributed by atoms with E-state index in [1.54, 1.807) is 6.07 Å². The summed E-state index contributed by atoms with van der Waals surface area (Å²) in [5.41, 5.74) is 4.75. The topological polar surface area (TPSA) is 105 Å². The molecule has 0 fully saturated rings. The number of aromatic amines is 2. The number of hydrogen-bond donors (Lipinski definition) is 3. The number of nitriles is 1. The molecule has 0 saturated carbocycles. The fourth-order valence-corrected chi connectivity index (χ4v) is 4.49. The highest BCUT2D eigenvalue weighted by atomic mass is 35.5. The second-order valence-corrected chi connectivity index (χ2v) is 8.96. The summed E-state index contributed by atoms with van der Waals surface area (Å²) in [5, 5.41) is 9.91. The molecule has 33 heavy (non-hydrogen) atoms. The summed E-state index contributed by atoms with van der Waals surface area (Å²) in [6.45, 7) is 1.93. The molecule has 4 rings (SSSR count). The van der Waals surface area contributed by atoms with Gasteiger partial charge in [0.25, 0.3) is 0 Å². The highest BCUT2D eigenvalue weighted by molar-refractivity contribution is 8.00. The van der Waals surface area contributed by atoms with Crippen LogP contribution in [0.15, 0.2) is 63.0 Å². The van der Waals surface area contributed by atoms with Crippen LogP contribution in [0.2, 0.25) is 5.02 Å². The third-order valence-electron chi connectivity index (χ3n) is 5.18. The summed E-state index contributed by atoms with van der Waals surface area (Å²) < 4.78 is 3.28. The van der Waals surface area contributed by atoms with Crippen molar-refractivity contribution in [1.82, 2.24) is 9.97 Å². The Bertz CT molecular complexity index is 1540. The highest BCUT2D eigenvalue weighted by Crippen LogP contribution is 2.35. The van der Waals surface area contributed by atoms with Crippen LogP contribution in [-0.4, -0.2) is 24.1 Å². The molecule has 0 radical (unpaired) electrons. The third-order valence-corrected chi connectivity index (χ3v) is 6.49. The minimum Gasteiger partial charge on any atom is -0.377 e. The molecule has 1 aromatic heterocycles. The Morgan fingerprint density at radius 1 is 1.00 bits per heavy atom. The van der Waals surface area contributed by atoms with Gasteiger partial charge in [-0.15, -0.1) is 0 Å². The molecular formula is C24H20ClN5O2S. The van der Waals surface area contributed by atoms with Gasteiger partial charge in [-0.05, 0) is 66.4 Å². The number of rotatable bonds is 5. The molecule has 0 aliphatic rings. The van der Waals surface area contributed by atoms with Crippen LogP contribution in [0.4, 0.5) is 11.4 Å². The monoisotopic (exact) mass is 477 g/mol. The zero-order valence-electron chi connectivity index (χ0n) is 18.1. The summed E-state index contributed by atoms with van der Waals surface area (Å²) >= 11 is 7.97. The van der Waals surface area contributed by atoms with Crippen molar-refractivity contribution < 1.29 is 0 Å². The smallest absolute Gasteiger partial charge is 0.314 e. The van der Waals surface area contributed by atoms with E-state index in [1.807, 2.05) is 68.4 Å². The van der Waals surface area contributed by atoms with Crippen molar-refractivity contribution in [2.75, 3.05) is 23.7 Å². The van der Waals surface area contributed by atoms with Crippen molar-refractivity contribution in [2.45, 2.75) is 11.8 Å². The number of nitrogens with zero attached hydrogens (tertiary/aromatic N) is 2. The lowest BCUT2D eigenvalue weighted by Gasteiger charge is -2.16. The molecule has 9 heteroatoms. The molecule has 0 spiro atoms. The van der Waals surface area contributed by atoms with Crippen LogP contribution >= 0.6 is 23.5 Å². The fraction of sp³-hybridized carbons (Fsp3) is 0.125. The van der Waals surface area contributed by atoms with E-state index in [9.17, 15) is 14.9 Å². The predicted octanol–water partition coefficient (Wildman–Crippen LogP) is 4.90. The first-order chi connectivity index (χ1) is 15.8. The number of hydrogen-bond acceptors (Lipinski definition) is 6. The summed E-state index contributed by atoms with van der Waals surface area (Å²) in [6, 6.07) is 17.2. The number of halogens is 1. The molecule has 7 nitrogen and oxygen atoms in total. The number of anilines is 2. The summed E-state index contributed by atoms with van der Waals surface area (Å²) in [5.74, 6) is 0. The van der Waals surface area contributed by atoms with Gasteiger partial charge < -0.3 is 19.6 Å². The van der Waals surface area contributed by atoms with Crippen LogP contribution in [-0.2, 0) is 0 Å². The van der Waals surface area contributed by atoms with Crippen LogP contribution < -0.4 is 20.7 Å². The van der Waals surface area contributed by atoms with Crippen molar-refractivity contribution in [3.63, 3.8) is 0 Å². The molecule has 1 heterocycles. The van der Waals surface area contributed by atoms with E-state index in [1.165, 1.54) is 11.9 Å². The molecular weight excluding hydrogens is 458 g/mol. The van der Waals surface area contributed by atoms with E-state index in [4.69, 9.17) is 11.6 Å². The van der Waals surface area contributed by atoms with Crippen LogP contribution in [0, 0.1) is 18.3 Å². The van der Waals surface area contributed by atoms with Crippen LogP contribution in [0.3, 0.4) is 0 Å². The Balaban J connectivity index is 1.59. The summed E-state index contributed by atoms with van der Waals surface area (Å²) in [6.07, 6.45) is 0. The van der Waals surface area contributed by atoms with Crippen molar-refractivity contribution in [3.05, 3.63) is 85.4 Å². The maximum Gasteiger partial charge on any atom is 0.314 e. The molecule has 3 aromatic carbocycles. The first kappa shape index (κ1) is 22.5. The zero-order valence-corrected chi connectivity index (χ0v) is 19.7. The fourth-order valence-electron chi connectivity index (χ4n) is 3.45. The molecule has 3 N–H and O–H groups in total. The number of fused-ring (bicyclic) bond motifs is 1. The Kier molecular flexibility index (Phi) is 6.18. The molecule has 0 aliphatic carbocycles. The lowest BCUT2D eigenvalue weighted by atomic mass is 10.0. The normalized spacial score (nSPS) is 10.8. The SMILES string of the molecule is Cc1cc2[nH]c(=O)c(=O)[nH]c2cc1SNc1ccc(-c2ccc(C#N)c(N(C)C)c2)c(Cl)c1. The number of H-pyrrole nitrogens is 2. The van der Waals surface area contributed by atoms with E-state index in [-0.39, 0.29) is 0 Å². The standard InChI is InChI=1S/C24H20ClN5O2S/c1-13-8-19-20(28-24(32)23(31)27-19)11-22(13)33-29-16-6-7-17(18(25)10-16)14-4-5-15(12-26)21(9-14)30(2)3/h4-11,29H,1-3H3,(H,27,31)(H,28,32). The Morgan fingerprint density at radius 2 is 1.70 bits per heavy atom. The maximum absolute atomic E-state index is 11.6. The van der Waals surface area contributed by atoms with Gasteiger partial charge in [0.05, 0.1) is 27.3 Å². The van der Waals surface area contributed by atoms with Crippen LogP contribution in [0.1, 0.15) is 11.1 Å². The first-order valence-electron chi connectivity index (χ1n) is 9.98. The molecule has 0 bridgehead atoms.